The number of hydrogen-bond acceptors (Lipinski definition) is 6. The maximum absolute atomic E-state index is 15.1. The molecule has 168 valence electrons. The van der Waals surface area contributed by atoms with Gasteiger partial charge in [-0.05, 0) is 30.0 Å². The number of benzene rings is 1. The second-order valence-corrected chi connectivity index (χ2v) is 8.88. The first-order chi connectivity index (χ1) is 15.5. The predicted octanol–water partition coefficient (Wildman–Crippen LogP) is 3.63. The van der Waals surface area contributed by atoms with Crippen LogP contribution in [0.25, 0.3) is 22.2 Å². The van der Waals surface area contributed by atoms with Gasteiger partial charge in [-0.3, -0.25) is 4.79 Å². The molecule has 4 heterocycles. The number of methoxy groups -OCH3 is 1. The van der Waals surface area contributed by atoms with Crippen molar-refractivity contribution in [2.24, 2.45) is 5.41 Å². The van der Waals surface area contributed by atoms with Crippen LogP contribution < -0.4 is 15.2 Å². The van der Waals surface area contributed by atoms with Crippen LogP contribution in [-0.4, -0.2) is 47.9 Å². The molecule has 2 aliphatic rings. The Kier molecular flexibility index (Phi) is 5.33. The molecule has 0 radical (unpaired) electrons. The van der Waals surface area contributed by atoms with Crippen molar-refractivity contribution in [2.45, 2.75) is 32.7 Å². The van der Waals surface area contributed by atoms with Gasteiger partial charge in [0.05, 0.1) is 42.9 Å². The van der Waals surface area contributed by atoms with Crippen molar-refractivity contribution < 1.29 is 13.9 Å². The Balaban J connectivity index is 1.49. The quantitative estimate of drug-likeness (QED) is 0.525. The average molecular weight is 439 g/mol. The zero-order valence-electron chi connectivity index (χ0n) is 18.4. The van der Waals surface area contributed by atoms with Gasteiger partial charge in [0.15, 0.2) is 17.4 Å². The zero-order valence-corrected chi connectivity index (χ0v) is 18.4. The van der Waals surface area contributed by atoms with Crippen LogP contribution in [-0.2, 0) is 11.3 Å². The molecule has 1 spiro atoms. The Hall–Kier alpha value is -3.00. The molecule has 7 nitrogen and oxygen atoms in total. The summed E-state index contributed by atoms with van der Waals surface area (Å²) in [6.45, 7) is 5.95. The molecule has 0 N–H and O–H groups in total. The largest absolute Gasteiger partial charge is 0.491 e. The van der Waals surface area contributed by atoms with Crippen LogP contribution in [0.3, 0.4) is 0 Å². The molecule has 0 saturated carbocycles. The van der Waals surface area contributed by atoms with E-state index in [0.29, 0.717) is 28.9 Å². The van der Waals surface area contributed by atoms with Crippen LogP contribution in [0.15, 0.2) is 35.4 Å². The smallest absolute Gasteiger partial charge is 0.258 e. The van der Waals surface area contributed by atoms with Gasteiger partial charge in [0.2, 0.25) is 0 Å². The molecular weight excluding hydrogens is 411 g/mol. The molecule has 2 saturated heterocycles. The standard InChI is InChI=1S/C24H27FN4O3/c1-3-4-5-7-28-8-6-16-9-18(19(25)10-17(16)23(28)30)21-26-11-20(31-2)22(27-21)29-12-24(13-29)14-32-15-24/h6,8-11H,3-5,7,12-15H2,1-2H3. The van der Waals surface area contributed by atoms with E-state index in [1.807, 2.05) is 6.07 Å². The van der Waals surface area contributed by atoms with E-state index >= 15 is 4.39 Å². The third-order valence-electron chi connectivity index (χ3n) is 6.43. The number of aromatic nitrogens is 3. The third-order valence-corrected chi connectivity index (χ3v) is 6.43. The summed E-state index contributed by atoms with van der Waals surface area (Å²) < 4.78 is 27.6. The molecule has 2 fully saturated rings. The molecular formula is C24H27FN4O3. The number of halogens is 1. The van der Waals surface area contributed by atoms with Gasteiger partial charge in [-0.25, -0.2) is 14.4 Å². The molecule has 8 heteroatoms. The van der Waals surface area contributed by atoms with E-state index in [4.69, 9.17) is 9.47 Å². The van der Waals surface area contributed by atoms with Crippen LogP contribution in [0.5, 0.6) is 5.75 Å². The molecule has 5 rings (SSSR count). The van der Waals surface area contributed by atoms with Gasteiger partial charge in [-0.2, -0.15) is 0 Å². The van der Waals surface area contributed by atoms with Crippen molar-refractivity contribution in [1.82, 2.24) is 14.5 Å². The first-order valence-corrected chi connectivity index (χ1v) is 11.1. The fourth-order valence-corrected chi connectivity index (χ4v) is 4.53. The minimum atomic E-state index is -0.510. The normalized spacial score (nSPS) is 16.8. The molecule has 3 aromatic rings. The number of aryl methyl sites for hydroxylation is 1. The van der Waals surface area contributed by atoms with Gasteiger partial charge in [-0.1, -0.05) is 19.8 Å². The summed E-state index contributed by atoms with van der Waals surface area (Å²) in [6, 6.07) is 4.82. The van der Waals surface area contributed by atoms with Crippen molar-refractivity contribution in [3.8, 4) is 17.1 Å². The highest BCUT2D eigenvalue weighted by Crippen LogP contribution is 2.42. The predicted molar refractivity (Wildman–Crippen MR) is 121 cm³/mol. The Morgan fingerprint density at radius 2 is 2.06 bits per heavy atom. The second-order valence-electron chi connectivity index (χ2n) is 8.88. The average Bonchev–Trinajstić information content (AvgIpc) is 2.73. The summed E-state index contributed by atoms with van der Waals surface area (Å²) in [7, 11) is 1.58. The molecule has 0 atom stereocenters. The summed E-state index contributed by atoms with van der Waals surface area (Å²) >= 11 is 0. The van der Waals surface area contributed by atoms with Gasteiger partial charge >= 0.3 is 0 Å². The number of anilines is 1. The number of unbranched alkanes of at least 4 members (excludes halogenated alkanes) is 2. The van der Waals surface area contributed by atoms with Crippen LogP contribution in [0, 0.1) is 11.2 Å². The van der Waals surface area contributed by atoms with Crippen molar-refractivity contribution in [3.63, 3.8) is 0 Å². The summed E-state index contributed by atoms with van der Waals surface area (Å²) in [6.07, 6.45) is 6.42. The first kappa shape index (κ1) is 20.9. The first-order valence-electron chi connectivity index (χ1n) is 11.1. The highest BCUT2D eigenvalue weighted by Gasteiger charge is 2.50. The number of pyridine rings is 1. The van der Waals surface area contributed by atoms with Gasteiger partial charge < -0.3 is 18.9 Å². The molecule has 2 aliphatic heterocycles. The fourth-order valence-electron chi connectivity index (χ4n) is 4.53. The minimum absolute atomic E-state index is 0.172. The molecule has 0 unspecified atom stereocenters. The van der Waals surface area contributed by atoms with Gasteiger partial charge in [0.25, 0.3) is 5.56 Å². The maximum Gasteiger partial charge on any atom is 0.258 e. The van der Waals surface area contributed by atoms with Crippen molar-refractivity contribution in [1.29, 1.82) is 0 Å². The molecule has 2 aromatic heterocycles. The van der Waals surface area contributed by atoms with Gasteiger partial charge in [0.1, 0.15) is 5.82 Å². The lowest BCUT2D eigenvalue weighted by Gasteiger charge is -2.55. The Labute approximate surface area is 185 Å². The maximum atomic E-state index is 15.1. The third kappa shape index (κ3) is 3.52. The van der Waals surface area contributed by atoms with Crippen LogP contribution in [0.1, 0.15) is 26.2 Å². The second kappa shape index (κ2) is 8.16. The number of fused-ring (bicyclic) bond motifs is 1. The lowest BCUT2D eigenvalue weighted by molar-refractivity contribution is -0.127. The Morgan fingerprint density at radius 3 is 2.75 bits per heavy atom. The number of ether oxygens (including phenoxy) is 2. The molecule has 1 aromatic carbocycles. The lowest BCUT2D eigenvalue weighted by atomic mass is 9.78. The Bertz CT molecular complexity index is 1210. The zero-order chi connectivity index (χ0) is 22.3. The van der Waals surface area contributed by atoms with Crippen molar-refractivity contribution >= 4 is 16.6 Å². The molecule has 0 aliphatic carbocycles. The summed E-state index contributed by atoms with van der Waals surface area (Å²) in [5.74, 6) is 0.975. The number of hydrogen-bond donors (Lipinski definition) is 0. The van der Waals surface area contributed by atoms with E-state index in [-0.39, 0.29) is 22.4 Å². The van der Waals surface area contributed by atoms with E-state index in [0.717, 1.165) is 45.6 Å². The monoisotopic (exact) mass is 438 g/mol. The van der Waals surface area contributed by atoms with E-state index in [9.17, 15) is 4.79 Å². The summed E-state index contributed by atoms with van der Waals surface area (Å²) in [5, 5.41) is 1.04. The fraction of sp³-hybridized carbons (Fsp3) is 0.458. The summed E-state index contributed by atoms with van der Waals surface area (Å²) in [5.41, 5.74) is 0.308. The van der Waals surface area contributed by atoms with Crippen LogP contribution >= 0.6 is 0 Å². The minimum Gasteiger partial charge on any atom is -0.491 e. The Morgan fingerprint density at radius 1 is 1.25 bits per heavy atom. The molecule has 0 bridgehead atoms. The molecule has 32 heavy (non-hydrogen) atoms. The number of rotatable bonds is 7. The summed E-state index contributed by atoms with van der Waals surface area (Å²) in [4.78, 5) is 23.9. The lowest BCUT2D eigenvalue weighted by Crippen LogP contribution is -2.66. The van der Waals surface area contributed by atoms with Gasteiger partial charge in [-0.15, -0.1) is 0 Å². The van der Waals surface area contributed by atoms with Crippen molar-refractivity contribution in [3.05, 3.63) is 46.8 Å². The van der Waals surface area contributed by atoms with E-state index < -0.39 is 5.82 Å². The number of nitrogens with zero attached hydrogens (tertiary/aromatic N) is 4. The van der Waals surface area contributed by atoms with Crippen LogP contribution in [0.4, 0.5) is 10.2 Å². The van der Waals surface area contributed by atoms with Crippen molar-refractivity contribution in [2.75, 3.05) is 38.3 Å². The van der Waals surface area contributed by atoms with E-state index in [1.54, 1.807) is 30.1 Å². The SMILES string of the molecule is CCCCCn1ccc2cc(-c3ncc(OC)c(N4CC5(COC5)C4)n3)c(F)cc2c1=O. The van der Waals surface area contributed by atoms with Gasteiger partial charge in [0, 0.05) is 25.8 Å². The van der Waals surface area contributed by atoms with E-state index in [2.05, 4.69) is 21.8 Å². The van der Waals surface area contributed by atoms with Crippen LogP contribution in [0.2, 0.25) is 0 Å². The molecule has 0 amide bonds. The van der Waals surface area contributed by atoms with E-state index in [1.165, 1.54) is 6.07 Å². The topological polar surface area (TPSA) is 69.5 Å². The highest BCUT2D eigenvalue weighted by atomic mass is 19.1. The highest BCUT2D eigenvalue weighted by molar-refractivity contribution is 5.86.